The zero-order valence-electron chi connectivity index (χ0n) is 14.8. The van der Waals surface area contributed by atoms with Gasteiger partial charge in [0.15, 0.2) is 0 Å². The smallest absolute Gasteiger partial charge is 0.0433 e. The van der Waals surface area contributed by atoms with E-state index in [1.807, 2.05) is 0 Å². The molecule has 2 aliphatic carbocycles. The first-order valence-corrected chi connectivity index (χ1v) is 9.10. The molecule has 2 fully saturated rings. The molecule has 0 aromatic heterocycles. The summed E-state index contributed by atoms with van der Waals surface area (Å²) in [5.41, 5.74) is 2.49. The van der Waals surface area contributed by atoms with Crippen LogP contribution in [0.4, 0.5) is 0 Å². The second kappa shape index (κ2) is 6.44. The topological polar surface area (TPSA) is 20.2 Å². The van der Waals surface area contributed by atoms with Crippen LogP contribution in [-0.2, 0) is 0 Å². The van der Waals surface area contributed by atoms with Gasteiger partial charge < -0.3 is 5.11 Å². The van der Waals surface area contributed by atoms with Crippen molar-refractivity contribution in [2.24, 2.45) is 28.6 Å². The zero-order chi connectivity index (χ0) is 15.7. The summed E-state index contributed by atoms with van der Waals surface area (Å²) in [4.78, 5) is 0. The standard InChI is InChI=1S/C20H36O/c1-15(11-14-21)7-9-17-16(2)8-10-18-19(3,4)12-6-13-20(17,18)5/h15,17-18,21H,2,6-14H2,1,3-5H3/t15-,17-,18+,20-/m1/s1. The maximum absolute atomic E-state index is 9.11. The summed E-state index contributed by atoms with van der Waals surface area (Å²) in [5.74, 6) is 2.21. The summed E-state index contributed by atoms with van der Waals surface area (Å²) in [6.45, 7) is 14.6. The molecule has 0 unspecified atom stereocenters. The third-order valence-electron chi connectivity index (χ3n) is 6.89. The van der Waals surface area contributed by atoms with Crippen LogP contribution in [-0.4, -0.2) is 11.7 Å². The third-order valence-corrected chi connectivity index (χ3v) is 6.89. The largest absolute Gasteiger partial charge is 0.396 e. The molecule has 1 N–H and O–H groups in total. The van der Waals surface area contributed by atoms with Crippen LogP contribution in [0.2, 0.25) is 0 Å². The maximum atomic E-state index is 9.11. The Bertz CT molecular complexity index is 370. The van der Waals surface area contributed by atoms with E-state index in [-0.39, 0.29) is 0 Å². The second-order valence-corrected chi connectivity index (χ2v) is 8.84. The molecule has 0 heterocycles. The molecular weight excluding hydrogens is 256 g/mol. The number of hydrogen-bond acceptors (Lipinski definition) is 1. The van der Waals surface area contributed by atoms with Gasteiger partial charge in [-0.15, -0.1) is 0 Å². The lowest BCUT2D eigenvalue weighted by Crippen LogP contribution is -2.49. The van der Waals surface area contributed by atoms with Crippen LogP contribution < -0.4 is 0 Å². The van der Waals surface area contributed by atoms with Crippen LogP contribution in [0.3, 0.4) is 0 Å². The highest BCUT2D eigenvalue weighted by atomic mass is 16.3. The highest BCUT2D eigenvalue weighted by molar-refractivity contribution is 5.15. The molecule has 1 nitrogen and oxygen atoms in total. The summed E-state index contributed by atoms with van der Waals surface area (Å²) in [5, 5.41) is 9.11. The lowest BCUT2D eigenvalue weighted by Gasteiger charge is -2.58. The molecule has 0 aliphatic heterocycles. The van der Waals surface area contributed by atoms with Crippen molar-refractivity contribution in [1.82, 2.24) is 0 Å². The van der Waals surface area contributed by atoms with Gasteiger partial charge in [0.05, 0.1) is 0 Å². The molecule has 1 heteroatoms. The van der Waals surface area contributed by atoms with E-state index in [4.69, 9.17) is 5.11 Å². The van der Waals surface area contributed by atoms with E-state index < -0.39 is 0 Å². The average molecular weight is 293 g/mol. The first-order valence-electron chi connectivity index (χ1n) is 9.10. The van der Waals surface area contributed by atoms with Crippen LogP contribution in [0, 0.1) is 28.6 Å². The lowest BCUT2D eigenvalue weighted by atomic mass is 9.47. The summed E-state index contributed by atoms with van der Waals surface area (Å²) >= 11 is 0. The Morgan fingerprint density at radius 2 is 1.95 bits per heavy atom. The average Bonchev–Trinajstić information content (AvgIpc) is 2.37. The molecule has 2 saturated carbocycles. The Kier molecular flexibility index (Phi) is 5.23. The predicted octanol–water partition coefficient (Wildman–Crippen LogP) is 5.58. The maximum Gasteiger partial charge on any atom is 0.0433 e. The van der Waals surface area contributed by atoms with Crippen molar-refractivity contribution in [3.8, 4) is 0 Å². The number of rotatable bonds is 5. The van der Waals surface area contributed by atoms with Gasteiger partial charge in [0.2, 0.25) is 0 Å². The van der Waals surface area contributed by atoms with Gasteiger partial charge in [-0.2, -0.15) is 0 Å². The summed E-state index contributed by atoms with van der Waals surface area (Å²) in [7, 11) is 0. The van der Waals surface area contributed by atoms with Crippen molar-refractivity contribution < 1.29 is 5.11 Å². The van der Waals surface area contributed by atoms with Crippen molar-refractivity contribution in [1.29, 1.82) is 0 Å². The van der Waals surface area contributed by atoms with E-state index in [0.29, 0.717) is 29.3 Å². The number of aliphatic hydroxyl groups excluding tert-OH is 1. The Morgan fingerprint density at radius 1 is 1.24 bits per heavy atom. The van der Waals surface area contributed by atoms with E-state index >= 15 is 0 Å². The molecule has 0 radical (unpaired) electrons. The minimum atomic E-state index is 0.333. The van der Waals surface area contributed by atoms with Crippen molar-refractivity contribution in [2.45, 2.75) is 79.1 Å². The lowest BCUT2D eigenvalue weighted by molar-refractivity contribution is -0.0553. The van der Waals surface area contributed by atoms with Crippen molar-refractivity contribution in [3.05, 3.63) is 12.2 Å². The van der Waals surface area contributed by atoms with Crippen molar-refractivity contribution in [3.63, 3.8) is 0 Å². The molecular formula is C20H36O. The number of fused-ring (bicyclic) bond motifs is 1. The summed E-state index contributed by atoms with van der Waals surface area (Å²) < 4.78 is 0. The van der Waals surface area contributed by atoms with E-state index in [9.17, 15) is 0 Å². The van der Waals surface area contributed by atoms with Gasteiger partial charge in [0, 0.05) is 6.61 Å². The van der Waals surface area contributed by atoms with Crippen molar-refractivity contribution >= 4 is 0 Å². The molecule has 0 bridgehead atoms. The van der Waals surface area contributed by atoms with Gasteiger partial charge in [0.25, 0.3) is 0 Å². The van der Waals surface area contributed by atoms with E-state index in [1.165, 1.54) is 50.5 Å². The Labute approximate surface area is 132 Å². The van der Waals surface area contributed by atoms with Gasteiger partial charge in [-0.25, -0.2) is 0 Å². The van der Waals surface area contributed by atoms with Gasteiger partial charge >= 0.3 is 0 Å². The molecule has 2 rings (SSSR count). The SMILES string of the molecule is C=C1CC[C@H]2C(C)(C)CCC[C@]2(C)[C@@H]1CC[C@@H](C)CCO. The van der Waals surface area contributed by atoms with Crippen LogP contribution in [0.1, 0.15) is 79.1 Å². The highest BCUT2D eigenvalue weighted by Crippen LogP contribution is 2.61. The number of hydrogen-bond donors (Lipinski definition) is 1. The van der Waals surface area contributed by atoms with E-state index in [1.54, 1.807) is 0 Å². The quantitative estimate of drug-likeness (QED) is 0.655. The Morgan fingerprint density at radius 3 is 2.62 bits per heavy atom. The van der Waals surface area contributed by atoms with Crippen LogP contribution in [0.15, 0.2) is 12.2 Å². The molecule has 0 spiro atoms. The molecule has 2 aliphatic rings. The van der Waals surface area contributed by atoms with Gasteiger partial charge in [0.1, 0.15) is 0 Å². The monoisotopic (exact) mass is 292 g/mol. The van der Waals surface area contributed by atoms with E-state index in [2.05, 4.69) is 34.3 Å². The molecule has 0 aromatic rings. The first kappa shape index (κ1) is 17.1. The highest BCUT2D eigenvalue weighted by Gasteiger charge is 2.52. The summed E-state index contributed by atoms with van der Waals surface area (Å²) in [6.07, 6.45) is 10.2. The van der Waals surface area contributed by atoms with E-state index in [0.717, 1.165) is 12.3 Å². The molecule has 21 heavy (non-hydrogen) atoms. The predicted molar refractivity (Wildman–Crippen MR) is 91.2 cm³/mol. The number of aliphatic hydroxyl groups is 1. The third kappa shape index (κ3) is 3.38. The fraction of sp³-hybridized carbons (Fsp3) is 0.900. The fourth-order valence-corrected chi connectivity index (χ4v) is 5.62. The minimum Gasteiger partial charge on any atom is -0.396 e. The van der Waals surface area contributed by atoms with Gasteiger partial charge in [-0.05, 0) is 67.1 Å². The first-order chi connectivity index (χ1) is 9.81. The minimum absolute atomic E-state index is 0.333. The molecule has 0 saturated heterocycles. The Hall–Kier alpha value is -0.300. The second-order valence-electron chi connectivity index (χ2n) is 8.84. The van der Waals surface area contributed by atoms with Gasteiger partial charge in [-0.3, -0.25) is 0 Å². The fourth-order valence-electron chi connectivity index (χ4n) is 5.62. The molecule has 0 amide bonds. The normalized spacial score (nSPS) is 37.1. The zero-order valence-corrected chi connectivity index (χ0v) is 14.8. The molecule has 122 valence electrons. The molecule has 4 atom stereocenters. The Balaban J connectivity index is 2.12. The number of allylic oxidation sites excluding steroid dienone is 1. The van der Waals surface area contributed by atoms with Crippen LogP contribution in [0.5, 0.6) is 0 Å². The van der Waals surface area contributed by atoms with Crippen LogP contribution >= 0.6 is 0 Å². The van der Waals surface area contributed by atoms with Crippen LogP contribution in [0.25, 0.3) is 0 Å². The molecule has 0 aromatic carbocycles. The summed E-state index contributed by atoms with van der Waals surface area (Å²) in [6, 6.07) is 0. The van der Waals surface area contributed by atoms with Crippen molar-refractivity contribution in [2.75, 3.05) is 6.61 Å². The van der Waals surface area contributed by atoms with Gasteiger partial charge in [-0.1, -0.05) is 52.7 Å².